The number of hydrogen-bond donors (Lipinski definition) is 3. The van der Waals surface area contributed by atoms with Crippen molar-refractivity contribution in [3.63, 3.8) is 0 Å². The van der Waals surface area contributed by atoms with E-state index < -0.39 is 6.04 Å². The van der Waals surface area contributed by atoms with E-state index in [9.17, 15) is 9.90 Å². The predicted octanol–water partition coefficient (Wildman–Crippen LogP) is 1.19. The van der Waals surface area contributed by atoms with E-state index in [1.54, 1.807) is 24.3 Å². The molecular weight excluding hydrogens is 268 g/mol. The van der Waals surface area contributed by atoms with Crippen LogP contribution in [0.5, 0.6) is 5.75 Å². The maximum Gasteiger partial charge on any atom is 0.237 e. The molecule has 5 heteroatoms. The smallest absolute Gasteiger partial charge is 0.237 e. The normalized spacial score (nSPS) is 23.0. The molecule has 3 atom stereocenters. The fourth-order valence-corrected chi connectivity index (χ4v) is 2.72. The Balaban J connectivity index is 1.78. The molecule has 1 aliphatic heterocycles. The van der Waals surface area contributed by atoms with E-state index >= 15 is 0 Å². The number of nitrogens with two attached hydrogens (primary N) is 1. The van der Waals surface area contributed by atoms with Gasteiger partial charge < -0.3 is 20.9 Å². The van der Waals surface area contributed by atoms with Crippen LogP contribution in [0.1, 0.15) is 25.3 Å². The maximum atomic E-state index is 12.0. The summed E-state index contributed by atoms with van der Waals surface area (Å²) < 4.78 is 5.61. The van der Waals surface area contributed by atoms with Gasteiger partial charge in [-0.05, 0) is 37.0 Å². The van der Waals surface area contributed by atoms with Crippen molar-refractivity contribution >= 4 is 5.91 Å². The van der Waals surface area contributed by atoms with E-state index in [2.05, 4.69) is 12.2 Å². The fourth-order valence-electron chi connectivity index (χ4n) is 2.72. The monoisotopic (exact) mass is 292 g/mol. The third-order valence-electron chi connectivity index (χ3n) is 4.02. The molecule has 0 spiro atoms. The Labute approximate surface area is 125 Å². The molecule has 5 nitrogen and oxygen atoms in total. The molecule has 1 amide bonds. The molecule has 1 aliphatic rings. The Bertz CT molecular complexity index is 461. The van der Waals surface area contributed by atoms with Crippen molar-refractivity contribution in [2.24, 2.45) is 11.7 Å². The molecule has 1 aromatic carbocycles. The Morgan fingerprint density at radius 2 is 2.19 bits per heavy atom. The molecule has 0 saturated carbocycles. The first-order valence-electron chi connectivity index (χ1n) is 7.53. The Morgan fingerprint density at radius 1 is 1.48 bits per heavy atom. The van der Waals surface area contributed by atoms with Gasteiger partial charge in [-0.3, -0.25) is 4.79 Å². The summed E-state index contributed by atoms with van der Waals surface area (Å²) >= 11 is 0. The largest absolute Gasteiger partial charge is 0.508 e. The summed E-state index contributed by atoms with van der Waals surface area (Å²) in [7, 11) is 0. The summed E-state index contributed by atoms with van der Waals surface area (Å²) in [6.45, 7) is 3.50. The first-order chi connectivity index (χ1) is 10.1. The second-order valence-electron chi connectivity index (χ2n) is 5.59. The lowest BCUT2D eigenvalue weighted by Gasteiger charge is -2.19. The SMILES string of the molecule is CCC1OCCC1CNC(=O)[C@@H](N)Cc1ccc(O)cc1. The lowest BCUT2D eigenvalue weighted by Crippen LogP contribution is -2.44. The van der Waals surface area contributed by atoms with Crippen LogP contribution in [0, 0.1) is 5.92 Å². The Morgan fingerprint density at radius 3 is 2.86 bits per heavy atom. The van der Waals surface area contributed by atoms with E-state index in [4.69, 9.17) is 10.5 Å². The first kappa shape index (κ1) is 15.8. The van der Waals surface area contributed by atoms with Gasteiger partial charge in [0.05, 0.1) is 12.1 Å². The Kier molecular flexibility index (Phi) is 5.59. The quantitative estimate of drug-likeness (QED) is 0.735. The number of nitrogens with one attached hydrogen (secondary N) is 1. The summed E-state index contributed by atoms with van der Waals surface area (Å²) in [6, 6.07) is 6.18. The number of benzene rings is 1. The van der Waals surface area contributed by atoms with E-state index in [0.717, 1.165) is 25.0 Å². The Hall–Kier alpha value is -1.59. The van der Waals surface area contributed by atoms with Gasteiger partial charge in [-0.1, -0.05) is 19.1 Å². The summed E-state index contributed by atoms with van der Waals surface area (Å²) in [5, 5.41) is 12.2. The average molecular weight is 292 g/mol. The number of hydrogen-bond acceptors (Lipinski definition) is 4. The van der Waals surface area contributed by atoms with Crippen LogP contribution in [0.2, 0.25) is 0 Å². The van der Waals surface area contributed by atoms with Crippen LogP contribution in [-0.2, 0) is 16.0 Å². The molecule has 4 N–H and O–H groups in total. The van der Waals surface area contributed by atoms with Gasteiger partial charge in [-0.2, -0.15) is 0 Å². The number of rotatable bonds is 6. The van der Waals surface area contributed by atoms with Crippen molar-refractivity contribution in [3.05, 3.63) is 29.8 Å². The van der Waals surface area contributed by atoms with Crippen molar-refractivity contribution in [3.8, 4) is 5.75 Å². The molecule has 0 radical (unpaired) electrons. The maximum absolute atomic E-state index is 12.0. The van der Waals surface area contributed by atoms with Crippen LogP contribution in [-0.4, -0.2) is 36.3 Å². The molecule has 0 aromatic heterocycles. The topological polar surface area (TPSA) is 84.6 Å². The molecule has 1 heterocycles. The van der Waals surface area contributed by atoms with Crippen LogP contribution >= 0.6 is 0 Å². The summed E-state index contributed by atoms with van der Waals surface area (Å²) in [5.41, 5.74) is 6.87. The van der Waals surface area contributed by atoms with Gasteiger partial charge in [-0.25, -0.2) is 0 Å². The zero-order valence-electron chi connectivity index (χ0n) is 12.4. The molecule has 0 aliphatic carbocycles. The number of phenolic OH excluding ortho intramolecular Hbond substituents is 1. The molecule has 2 rings (SSSR count). The van der Waals surface area contributed by atoms with Gasteiger partial charge in [0.15, 0.2) is 0 Å². The van der Waals surface area contributed by atoms with Gasteiger partial charge in [0, 0.05) is 19.1 Å². The zero-order valence-corrected chi connectivity index (χ0v) is 12.4. The lowest BCUT2D eigenvalue weighted by atomic mass is 9.99. The van der Waals surface area contributed by atoms with Gasteiger partial charge in [-0.15, -0.1) is 0 Å². The van der Waals surface area contributed by atoms with E-state index in [-0.39, 0.29) is 17.8 Å². The second-order valence-corrected chi connectivity index (χ2v) is 5.59. The molecule has 1 fully saturated rings. The van der Waals surface area contributed by atoms with Crippen LogP contribution in [0.15, 0.2) is 24.3 Å². The van der Waals surface area contributed by atoms with Crippen molar-refractivity contribution < 1.29 is 14.6 Å². The van der Waals surface area contributed by atoms with Gasteiger partial charge in [0.25, 0.3) is 0 Å². The highest BCUT2D eigenvalue weighted by Crippen LogP contribution is 2.22. The summed E-state index contributed by atoms with van der Waals surface area (Å²) in [6.07, 6.45) is 2.68. The van der Waals surface area contributed by atoms with E-state index in [1.165, 1.54) is 0 Å². The highest BCUT2D eigenvalue weighted by molar-refractivity contribution is 5.81. The second kappa shape index (κ2) is 7.43. The number of ether oxygens (including phenoxy) is 1. The van der Waals surface area contributed by atoms with Crippen molar-refractivity contribution in [2.75, 3.05) is 13.2 Å². The molecule has 116 valence electrons. The van der Waals surface area contributed by atoms with E-state index in [1.807, 2.05) is 0 Å². The minimum atomic E-state index is -0.572. The standard InChI is InChI=1S/C16H24N2O3/c1-2-15-12(7-8-21-15)10-18-16(20)14(17)9-11-3-5-13(19)6-4-11/h3-6,12,14-15,19H,2,7-10,17H2,1H3,(H,18,20)/t12?,14-,15?/m0/s1. The lowest BCUT2D eigenvalue weighted by molar-refractivity contribution is -0.122. The molecule has 2 unspecified atom stereocenters. The van der Waals surface area contributed by atoms with Crippen molar-refractivity contribution in [2.45, 2.75) is 38.3 Å². The summed E-state index contributed by atoms with van der Waals surface area (Å²) in [4.78, 5) is 12.0. The van der Waals surface area contributed by atoms with Crippen LogP contribution < -0.4 is 11.1 Å². The van der Waals surface area contributed by atoms with Crippen molar-refractivity contribution in [1.29, 1.82) is 0 Å². The van der Waals surface area contributed by atoms with Gasteiger partial charge >= 0.3 is 0 Å². The third kappa shape index (κ3) is 4.44. The molecule has 1 aromatic rings. The third-order valence-corrected chi connectivity index (χ3v) is 4.02. The number of carbonyl (C=O) groups is 1. The molecule has 0 bridgehead atoms. The predicted molar refractivity (Wildman–Crippen MR) is 80.9 cm³/mol. The molecule has 1 saturated heterocycles. The molecule has 21 heavy (non-hydrogen) atoms. The van der Waals surface area contributed by atoms with Gasteiger partial charge in [0.2, 0.25) is 5.91 Å². The minimum Gasteiger partial charge on any atom is -0.508 e. The van der Waals surface area contributed by atoms with Crippen LogP contribution in [0.25, 0.3) is 0 Å². The zero-order chi connectivity index (χ0) is 15.2. The number of carbonyl (C=O) groups excluding carboxylic acids is 1. The number of aromatic hydroxyl groups is 1. The summed E-state index contributed by atoms with van der Waals surface area (Å²) in [5.74, 6) is 0.466. The first-order valence-corrected chi connectivity index (χ1v) is 7.53. The van der Waals surface area contributed by atoms with Gasteiger partial charge in [0.1, 0.15) is 5.75 Å². The highest BCUT2D eigenvalue weighted by atomic mass is 16.5. The minimum absolute atomic E-state index is 0.134. The fraction of sp³-hybridized carbons (Fsp3) is 0.562. The van der Waals surface area contributed by atoms with E-state index in [0.29, 0.717) is 18.9 Å². The van der Waals surface area contributed by atoms with Crippen LogP contribution in [0.3, 0.4) is 0 Å². The highest BCUT2D eigenvalue weighted by Gasteiger charge is 2.27. The number of amides is 1. The number of phenols is 1. The average Bonchev–Trinajstić information content (AvgIpc) is 2.94. The molecular formula is C16H24N2O3. The van der Waals surface area contributed by atoms with Crippen LogP contribution in [0.4, 0.5) is 0 Å². The van der Waals surface area contributed by atoms with Crippen molar-refractivity contribution in [1.82, 2.24) is 5.32 Å².